The molecule has 1 aromatic rings. The summed E-state index contributed by atoms with van der Waals surface area (Å²) >= 11 is 1.50. The summed E-state index contributed by atoms with van der Waals surface area (Å²) in [5.74, 6) is 1.04. The summed E-state index contributed by atoms with van der Waals surface area (Å²) in [6.45, 7) is 1.11. The van der Waals surface area contributed by atoms with Crippen LogP contribution in [0, 0.1) is 5.82 Å². The molecule has 3 nitrogen and oxygen atoms in total. The van der Waals surface area contributed by atoms with Gasteiger partial charge in [-0.15, -0.1) is 11.8 Å². The van der Waals surface area contributed by atoms with E-state index in [1.807, 2.05) is 0 Å². The van der Waals surface area contributed by atoms with Crippen LogP contribution in [-0.4, -0.2) is 30.6 Å². The van der Waals surface area contributed by atoms with Crippen LogP contribution < -0.4 is 10.1 Å². The van der Waals surface area contributed by atoms with E-state index < -0.39 is 0 Å². The van der Waals surface area contributed by atoms with Crippen molar-refractivity contribution in [1.29, 1.82) is 0 Å². The monoisotopic (exact) mass is 337 g/mol. The molecule has 2 rings (SSSR count). The van der Waals surface area contributed by atoms with Crippen LogP contribution in [0.25, 0.3) is 0 Å². The fraction of sp³-hybridized carbons (Fsp3) is 0.500. The van der Waals surface area contributed by atoms with Crippen molar-refractivity contribution in [2.24, 2.45) is 0 Å². The van der Waals surface area contributed by atoms with Crippen LogP contribution in [0.3, 0.4) is 0 Å². The number of carbonyl (C=O) groups excluding carboxylic acids is 1. The molecule has 0 aliphatic heterocycles. The molecule has 5 heteroatoms. The third-order valence-electron chi connectivity index (χ3n) is 3.71. The second-order valence-corrected chi connectivity index (χ2v) is 6.64. The van der Waals surface area contributed by atoms with E-state index in [2.05, 4.69) is 11.4 Å². The Balaban J connectivity index is 1.50. The maximum absolute atomic E-state index is 13.3. The third-order valence-corrected chi connectivity index (χ3v) is 4.63. The van der Waals surface area contributed by atoms with Gasteiger partial charge in [0.25, 0.3) is 0 Å². The molecule has 23 heavy (non-hydrogen) atoms. The molecule has 0 saturated carbocycles. The minimum absolute atomic E-state index is 0.0531. The van der Waals surface area contributed by atoms with Crippen LogP contribution in [0.5, 0.6) is 5.75 Å². The molecule has 1 aliphatic rings. The van der Waals surface area contributed by atoms with E-state index in [0.29, 0.717) is 18.1 Å². The van der Waals surface area contributed by atoms with Crippen molar-refractivity contribution in [3.8, 4) is 5.75 Å². The van der Waals surface area contributed by atoms with Crippen molar-refractivity contribution in [2.45, 2.75) is 32.1 Å². The lowest BCUT2D eigenvalue weighted by Crippen LogP contribution is -2.26. The van der Waals surface area contributed by atoms with Gasteiger partial charge in [0.15, 0.2) is 11.6 Å². The largest absolute Gasteiger partial charge is 0.490 e. The molecular weight excluding hydrogens is 313 g/mol. The molecule has 0 bridgehead atoms. The predicted molar refractivity (Wildman–Crippen MR) is 93.4 cm³/mol. The summed E-state index contributed by atoms with van der Waals surface area (Å²) in [5.41, 5.74) is 1.47. The number of carbonyl (C=O) groups is 1. The van der Waals surface area contributed by atoms with Crippen molar-refractivity contribution in [3.63, 3.8) is 0 Å². The van der Waals surface area contributed by atoms with Gasteiger partial charge in [0, 0.05) is 12.3 Å². The minimum Gasteiger partial charge on any atom is -0.490 e. The van der Waals surface area contributed by atoms with Gasteiger partial charge in [0.2, 0.25) is 5.91 Å². The number of rotatable bonds is 9. The van der Waals surface area contributed by atoms with Gasteiger partial charge < -0.3 is 10.1 Å². The number of amides is 1. The number of hydrogen-bond donors (Lipinski definition) is 1. The second-order valence-electron chi connectivity index (χ2n) is 5.54. The van der Waals surface area contributed by atoms with Gasteiger partial charge in [0.1, 0.15) is 0 Å². The minimum atomic E-state index is -0.354. The van der Waals surface area contributed by atoms with Crippen molar-refractivity contribution in [2.75, 3.05) is 24.7 Å². The zero-order valence-electron chi connectivity index (χ0n) is 13.4. The normalized spacial score (nSPS) is 14.2. The van der Waals surface area contributed by atoms with Crippen LogP contribution in [0.4, 0.5) is 4.39 Å². The highest BCUT2D eigenvalue weighted by Crippen LogP contribution is 2.19. The van der Waals surface area contributed by atoms with Crippen molar-refractivity contribution >= 4 is 17.7 Å². The van der Waals surface area contributed by atoms with Gasteiger partial charge in [-0.2, -0.15) is 0 Å². The SMILES string of the molecule is O=C(CSCCOc1ccccc1F)NCCC1=CCCCC1. The number of allylic oxidation sites excluding steroid dienone is 1. The van der Waals surface area contributed by atoms with Crippen LogP contribution in [0.1, 0.15) is 32.1 Å². The molecular formula is C18H24FNO2S. The number of hydrogen-bond acceptors (Lipinski definition) is 3. The molecule has 1 aliphatic carbocycles. The molecule has 0 heterocycles. The average molecular weight is 337 g/mol. The Morgan fingerprint density at radius 2 is 2.17 bits per heavy atom. The first-order valence-electron chi connectivity index (χ1n) is 8.15. The predicted octanol–water partition coefficient (Wildman–Crippen LogP) is 3.94. The lowest BCUT2D eigenvalue weighted by molar-refractivity contribution is -0.118. The molecule has 0 fully saturated rings. The quantitative estimate of drug-likeness (QED) is 0.548. The summed E-state index contributed by atoms with van der Waals surface area (Å²) < 4.78 is 18.7. The van der Waals surface area contributed by atoms with Gasteiger partial charge in [-0.3, -0.25) is 4.79 Å². The number of nitrogens with one attached hydrogen (secondary N) is 1. The summed E-state index contributed by atoms with van der Waals surface area (Å²) in [4.78, 5) is 11.7. The maximum Gasteiger partial charge on any atom is 0.230 e. The highest BCUT2D eigenvalue weighted by atomic mass is 32.2. The van der Waals surface area contributed by atoms with Gasteiger partial charge in [-0.1, -0.05) is 23.8 Å². The second kappa shape index (κ2) is 10.3. The van der Waals surface area contributed by atoms with Gasteiger partial charge in [-0.05, 0) is 44.2 Å². The number of halogens is 1. The van der Waals surface area contributed by atoms with E-state index in [9.17, 15) is 9.18 Å². The lowest BCUT2D eigenvalue weighted by atomic mass is 9.97. The van der Waals surface area contributed by atoms with Gasteiger partial charge in [0.05, 0.1) is 12.4 Å². The maximum atomic E-state index is 13.3. The summed E-state index contributed by atoms with van der Waals surface area (Å²) in [6, 6.07) is 6.34. The highest BCUT2D eigenvalue weighted by Gasteiger charge is 2.06. The topological polar surface area (TPSA) is 38.3 Å². The lowest BCUT2D eigenvalue weighted by Gasteiger charge is -2.12. The summed E-state index contributed by atoms with van der Waals surface area (Å²) in [6.07, 6.45) is 8.20. The molecule has 1 N–H and O–H groups in total. The van der Waals surface area contributed by atoms with E-state index in [0.717, 1.165) is 13.0 Å². The first-order chi connectivity index (χ1) is 11.3. The van der Waals surface area contributed by atoms with Crippen LogP contribution in [-0.2, 0) is 4.79 Å². The number of benzene rings is 1. The van der Waals surface area contributed by atoms with E-state index in [4.69, 9.17) is 4.74 Å². The number of ether oxygens (including phenoxy) is 1. The molecule has 0 atom stereocenters. The molecule has 1 aromatic carbocycles. The van der Waals surface area contributed by atoms with Crippen LogP contribution >= 0.6 is 11.8 Å². The zero-order chi connectivity index (χ0) is 16.3. The molecule has 0 saturated heterocycles. The number of para-hydroxylation sites is 1. The standard InChI is InChI=1S/C18H24FNO2S/c19-16-8-4-5-9-17(16)22-12-13-23-14-18(21)20-11-10-15-6-2-1-3-7-15/h4-6,8-9H,1-3,7,10-14H2,(H,20,21). The molecule has 0 aromatic heterocycles. The van der Waals surface area contributed by atoms with E-state index in [1.54, 1.807) is 18.2 Å². The first-order valence-corrected chi connectivity index (χ1v) is 9.31. The van der Waals surface area contributed by atoms with Crippen LogP contribution in [0.15, 0.2) is 35.9 Å². The van der Waals surface area contributed by atoms with E-state index in [-0.39, 0.29) is 17.5 Å². The zero-order valence-corrected chi connectivity index (χ0v) is 14.2. The Labute approximate surface area is 141 Å². The third kappa shape index (κ3) is 7.08. The summed E-state index contributed by atoms with van der Waals surface area (Å²) in [5, 5.41) is 2.95. The Bertz CT molecular complexity index is 534. The molecule has 0 radical (unpaired) electrons. The summed E-state index contributed by atoms with van der Waals surface area (Å²) in [7, 11) is 0. The van der Waals surface area contributed by atoms with E-state index in [1.165, 1.54) is 49.1 Å². The molecule has 0 spiro atoms. The molecule has 0 unspecified atom stereocenters. The fourth-order valence-electron chi connectivity index (χ4n) is 2.48. The van der Waals surface area contributed by atoms with Crippen molar-refractivity contribution < 1.29 is 13.9 Å². The smallest absolute Gasteiger partial charge is 0.230 e. The van der Waals surface area contributed by atoms with E-state index >= 15 is 0 Å². The van der Waals surface area contributed by atoms with Gasteiger partial charge in [-0.25, -0.2) is 4.39 Å². The Morgan fingerprint density at radius 3 is 2.96 bits per heavy atom. The van der Waals surface area contributed by atoms with Crippen molar-refractivity contribution in [3.05, 3.63) is 41.7 Å². The number of thioether (sulfide) groups is 1. The Morgan fingerprint density at radius 1 is 1.30 bits per heavy atom. The van der Waals surface area contributed by atoms with Crippen molar-refractivity contribution in [1.82, 2.24) is 5.32 Å². The van der Waals surface area contributed by atoms with Crippen LogP contribution in [0.2, 0.25) is 0 Å². The molecule has 126 valence electrons. The first kappa shape index (κ1) is 17.9. The fourth-order valence-corrected chi connectivity index (χ4v) is 3.12. The Hall–Kier alpha value is -1.49. The van der Waals surface area contributed by atoms with Gasteiger partial charge >= 0.3 is 0 Å². The Kier molecular flexibility index (Phi) is 8.01. The highest BCUT2D eigenvalue weighted by molar-refractivity contribution is 7.99. The molecule has 1 amide bonds. The average Bonchev–Trinajstić information content (AvgIpc) is 2.57.